The van der Waals surface area contributed by atoms with E-state index in [1.165, 1.54) is 12.1 Å². The van der Waals surface area contributed by atoms with Gasteiger partial charge in [0.15, 0.2) is 0 Å². The minimum absolute atomic E-state index is 0.0153. The number of hydrogen-bond acceptors (Lipinski definition) is 4. The SMILES string of the molecule is Cc1c(Cl)cccc1NC(=O)C(=O)NCCc1ccc(S(N)(=O)=O)cc1. The Morgan fingerprint density at radius 3 is 2.35 bits per heavy atom. The molecule has 138 valence electrons. The predicted octanol–water partition coefficient (Wildman–Crippen LogP) is 1.59. The van der Waals surface area contributed by atoms with E-state index in [2.05, 4.69) is 10.6 Å². The van der Waals surface area contributed by atoms with Gasteiger partial charge in [0.1, 0.15) is 0 Å². The number of amides is 2. The molecule has 9 heteroatoms. The summed E-state index contributed by atoms with van der Waals surface area (Å²) < 4.78 is 22.4. The van der Waals surface area contributed by atoms with Crippen LogP contribution >= 0.6 is 11.6 Å². The van der Waals surface area contributed by atoms with Gasteiger partial charge in [-0.25, -0.2) is 13.6 Å². The summed E-state index contributed by atoms with van der Waals surface area (Å²) in [6.07, 6.45) is 0.431. The molecule has 0 radical (unpaired) electrons. The molecule has 4 N–H and O–H groups in total. The average molecular weight is 396 g/mol. The van der Waals surface area contributed by atoms with Crippen molar-refractivity contribution in [3.8, 4) is 0 Å². The molecule has 0 saturated heterocycles. The van der Waals surface area contributed by atoms with Crippen LogP contribution in [0.1, 0.15) is 11.1 Å². The molecule has 2 aromatic carbocycles. The Labute approximate surface area is 156 Å². The van der Waals surface area contributed by atoms with Gasteiger partial charge in [0, 0.05) is 17.3 Å². The van der Waals surface area contributed by atoms with Crippen molar-refractivity contribution in [2.45, 2.75) is 18.2 Å². The summed E-state index contributed by atoms with van der Waals surface area (Å²) in [4.78, 5) is 23.8. The summed E-state index contributed by atoms with van der Waals surface area (Å²) in [5.41, 5.74) is 1.94. The highest BCUT2D eigenvalue weighted by molar-refractivity contribution is 7.89. The van der Waals surface area contributed by atoms with E-state index in [1.807, 2.05) is 0 Å². The van der Waals surface area contributed by atoms with Gasteiger partial charge in [0.25, 0.3) is 0 Å². The molecule has 7 nitrogen and oxygen atoms in total. The number of carbonyl (C=O) groups excluding carboxylic acids is 2. The molecule has 26 heavy (non-hydrogen) atoms. The lowest BCUT2D eigenvalue weighted by atomic mass is 10.1. The monoisotopic (exact) mass is 395 g/mol. The lowest BCUT2D eigenvalue weighted by molar-refractivity contribution is -0.136. The largest absolute Gasteiger partial charge is 0.347 e. The van der Waals surface area contributed by atoms with Gasteiger partial charge in [-0.3, -0.25) is 9.59 Å². The molecule has 0 bridgehead atoms. The van der Waals surface area contributed by atoms with E-state index < -0.39 is 21.8 Å². The Bertz CT molecular complexity index is 928. The Balaban J connectivity index is 1.86. The van der Waals surface area contributed by atoms with E-state index in [1.54, 1.807) is 37.3 Å². The summed E-state index contributed by atoms with van der Waals surface area (Å²) in [5, 5.41) is 10.5. The lowest BCUT2D eigenvalue weighted by Gasteiger charge is -2.10. The number of sulfonamides is 1. The Morgan fingerprint density at radius 1 is 1.08 bits per heavy atom. The molecule has 2 aromatic rings. The summed E-state index contributed by atoms with van der Waals surface area (Å²) in [7, 11) is -3.73. The Hall–Kier alpha value is -2.42. The minimum Gasteiger partial charge on any atom is -0.347 e. The second kappa shape index (κ2) is 8.31. The van der Waals surface area contributed by atoms with E-state index >= 15 is 0 Å². The first-order chi connectivity index (χ1) is 12.2. The highest BCUT2D eigenvalue weighted by Gasteiger charge is 2.15. The summed E-state index contributed by atoms with van der Waals surface area (Å²) in [6.45, 7) is 1.95. The summed E-state index contributed by atoms with van der Waals surface area (Å²) >= 11 is 5.97. The normalized spacial score (nSPS) is 11.0. The zero-order chi connectivity index (χ0) is 19.3. The number of hydrogen-bond donors (Lipinski definition) is 3. The summed E-state index contributed by atoms with van der Waals surface area (Å²) in [5.74, 6) is -1.56. The van der Waals surface area contributed by atoms with Gasteiger partial charge in [0.05, 0.1) is 4.90 Å². The van der Waals surface area contributed by atoms with E-state index in [9.17, 15) is 18.0 Å². The first kappa shape index (κ1) is 19.9. The second-order valence-corrected chi connectivity index (χ2v) is 7.53. The van der Waals surface area contributed by atoms with E-state index in [4.69, 9.17) is 16.7 Å². The molecular formula is C17H18ClN3O4S. The number of nitrogens with one attached hydrogen (secondary N) is 2. The van der Waals surface area contributed by atoms with E-state index in [0.29, 0.717) is 22.7 Å². The maximum atomic E-state index is 11.9. The van der Waals surface area contributed by atoms with Gasteiger partial charge in [-0.05, 0) is 48.7 Å². The molecule has 0 aromatic heterocycles. The predicted molar refractivity (Wildman–Crippen MR) is 99.3 cm³/mol. The van der Waals surface area contributed by atoms with Crippen molar-refractivity contribution in [2.75, 3.05) is 11.9 Å². The lowest BCUT2D eigenvalue weighted by Crippen LogP contribution is -2.36. The van der Waals surface area contributed by atoms with Crippen LogP contribution in [0.2, 0.25) is 5.02 Å². The third-order valence-electron chi connectivity index (χ3n) is 3.67. The van der Waals surface area contributed by atoms with Crippen LogP contribution in [-0.2, 0) is 26.0 Å². The van der Waals surface area contributed by atoms with Crippen LogP contribution < -0.4 is 15.8 Å². The number of carbonyl (C=O) groups is 2. The molecular weight excluding hydrogens is 378 g/mol. The molecule has 2 amide bonds. The van der Waals surface area contributed by atoms with Gasteiger partial charge in [-0.1, -0.05) is 29.8 Å². The molecule has 0 aliphatic heterocycles. The van der Waals surface area contributed by atoms with Crippen LogP contribution in [0.15, 0.2) is 47.4 Å². The maximum absolute atomic E-state index is 11.9. The number of halogens is 1. The molecule has 0 unspecified atom stereocenters. The topological polar surface area (TPSA) is 118 Å². The molecule has 0 atom stereocenters. The molecule has 0 aliphatic rings. The van der Waals surface area contributed by atoms with Crippen LogP contribution in [0.4, 0.5) is 5.69 Å². The number of anilines is 1. The Morgan fingerprint density at radius 2 is 1.73 bits per heavy atom. The standard InChI is InChI=1S/C17H18ClN3O4S/c1-11-14(18)3-2-4-15(11)21-17(23)16(22)20-10-9-12-5-7-13(8-6-12)26(19,24)25/h2-8H,9-10H2,1H3,(H,20,22)(H,21,23)(H2,19,24,25). The molecule has 0 fully saturated rings. The zero-order valence-electron chi connectivity index (χ0n) is 14.0. The molecule has 0 heterocycles. The van der Waals surface area contributed by atoms with Gasteiger partial charge in [0.2, 0.25) is 10.0 Å². The van der Waals surface area contributed by atoms with Crippen molar-refractivity contribution in [2.24, 2.45) is 5.14 Å². The fourth-order valence-electron chi connectivity index (χ4n) is 2.17. The van der Waals surface area contributed by atoms with Crippen molar-refractivity contribution in [1.29, 1.82) is 0 Å². The highest BCUT2D eigenvalue weighted by atomic mass is 35.5. The first-order valence-electron chi connectivity index (χ1n) is 7.64. The highest BCUT2D eigenvalue weighted by Crippen LogP contribution is 2.22. The first-order valence-corrected chi connectivity index (χ1v) is 9.57. The van der Waals surface area contributed by atoms with Crippen molar-refractivity contribution in [1.82, 2.24) is 5.32 Å². The van der Waals surface area contributed by atoms with Gasteiger partial charge < -0.3 is 10.6 Å². The van der Waals surface area contributed by atoms with Crippen LogP contribution in [0.25, 0.3) is 0 Å². The number of nitrogens with two attached hydrogens (primary N) is 1. The van der Waals surface area contributed by atoms with Gasteiger partial charge >= 0.3 is 11.8 Å². The number of benzene rings is 2. The fraction of sp³-hybridized carbons (Fsp3) is 0.176. The van der Waals surface area contributed by atoms with Gasteiger partial charge in [-0.2, -0.15) is 0 Å². The fourth-order valence-corrected chi connectivity index (χ4v) is 2.86. The van der Waals surface area contributed by atoms with Crippen molar-refractivity contribution < 1.29 is 18.0 Å². The van der Waals surface area contributed by atoms with Crippen LogP contribution in [-0.4, -0.2) is 26.8 Å². The second-order valence-electron chi connectivity index (χ2n) is 5.56. The maximum Gasteiger partial charge on any atom is 0.313 e. The smallest absolute Gasteiger partial charge is 0.313 e. The molecule has 0 saturated carbocycles. The van der Waals surface area contributed by atoms with Crippen molar-refractivity contribution in [3.63, 3.8) is 0 Å². The van der Waals surface area contributed by atoms with E-state index in [0.717, 1.165) is 5.56 Å². The molecule has 0 spiro atoms. The molecule has 0 aliphatic carbocycles. The van der Waals surface area contributed by atoms with Crippen LogP contribution in [0.3, 0.4) is 0 Å². The number of primary sulfonamides is 1. The average Bonchev–Trinajstić information content (AvgIpc) is 2.58. The Kier molecular flexibility index (Phi) is 6.36. The third-order valence-corrected chi connectivity index (χ3v) is 5.01. The summed E-state index contributed by atoms with van der Waals surface area (Å²) in [6, 6.07) is 11.0. The van der Waals surface area contributed by atoms with Gasteiger partial charge in [-0.15, -0.1) is 0 Å². The van der Waals surface area contributed by atoms with Crippen LogP contribution in [0.5, 0.6) is 0 Å². The third kappa shape index (κ3) is 5.29. The quantitative estimate of drug-likeness (QED) is 0.666. The number of rotatable bonds is 5. The van der Waals surface area contributed by atoms with Crippen molar-refractivity contribution >= 4 is 39.1 Å². The van der Waals surface area contributed by atoms with Crippen LogP contribution in [0, 0.1) is 6.92 Å². The minimum atomic E-state index is -3.73. The van der Waals surface area contributed by atoms with E-state index in [-0.39, 0.29) is 11.4 Å². The van der Waals surface area contributed by atoms with Crippen molar-refractivity contribution in [3.05, 3.63) is 58.6 Å². The zero-order valence-corrected chi connectivity index (χ0v) is 15.5. The molecule has 2 rings (SSSR count).